The highest BCUT2D eigenvalue weighted by Crippen LogP contribution is 2.12. The lowest BCUT2D eigenvalue weighted by Gasteiger charge is -2.31. The van der Waals surface area contributed by atoms with Crippen molar-refractivity contribution in [3.63, 3.8) is 0 Å². The highest BCUT2D eigenvalue weighted by molar-refractivity contribution is 5.47. The third-order valence-electron chi connectivity index (χ3n) is 3.57. The SMILES string of the molecule is Cc1cccn2cc(CN3CCN[C@@H](C)C3)nc12. The van der Waals surface area contributed by atoms with Gasteiger partial charge in [0, 0.05) is 44.6 Å². The van der Waals surface area contributed by atoms with Crippen LogP contribution in [0, 0.1) is 6.92 Å². The maximum absolute atomic E-state index is 4.73. The van der Waals surface area contributed by atoms with E-state index in [9.17, 15) is 0 Å². The molecule has 0 bridgehead atoms. The summed E-state index contributed by atoms with van der Waals surface area (Å²) in [6.07, 6.45) is 4.22. The lowest BCUT2D eigenvalue weighted by Crippen LogP contribution is -2.48. The van der Waals surface area contributed by atoms with E-state index in [2.05, 4.69) is 53.0 Å². The first kappa shape index (κ1) is 11.7. The van der Waals surface area contributed by atoms with Crippen LogP contribution in [0.15, 0.2) is 24.5 Å². The van der Waals surface area contributed by atoms with Gasteiger partial charge in [0.25, 0.3) is 0 Å². The number of hydrogen-bond donors (Lipinski definition) is 1. The average molecular weight is 244 g/mol. The molecule has 3 heterocycles. The van der Waals surface area contributed by atoms with Crippen molar-refractivity contribution in [3.05, 3.63) is 35.8 Å². The second-order valence-electron chi connectivity index (χ2n) is 5.24. The van der Waals surface area contributed by atoms with E-state index in [1.54, 1.807) is 0 Å². The molecule has 1 aliphatic heterocycles. The summed E-state index contributed by atoms with van der Waals surface area (Å²) in [4.78, 5) is 7.20. The van der Waals surface area contributed by atoms with Gasteiger partial charge in [0.1, 0.15) is 5.65 Å². The summed E-state index contributed by atoms with van der Waals surface area (Å²) < 4.78 is 2.12. The van der Waals surface area contributed by atoms with Gasteiger partial charge in [0.2, 0.25) is 0 Å². The lowest BCUT2D eigenvalue weighted by atomic mass is 10.2. The Bertz CT molecular complexity index is 546. The van der Waals surface area contributed by atoms with Gasteiger partial charge in [0.15, 0.2) is 0 Å². The molecule has 1 aliphatic rings. The van der Waals surface area contributed by atoms with Crippen LogP contribution in [-0.2, 0) is 6.54 Å². The van der Waals surface area contributed by atoms with Gasteiger partial charge >= 0.3 is 0 Å². The summed E-state index contributed by atoms with van der Waals surface area (Å²) in [6.45, 7) is 8.59. The van der Waals surface area contributed by atoms with E-state index in [0.717, 1.165) is 31.8 Å². The van der Waals surface area contributed by atoms with E-state index in [1.807, 2.05) is 0 Å². The molecule has 0 aromatic carbocycles. The van der Waals surface area contributed by atoms with Crippen molar-refractivity contribution in [1.29, 1.82) is 0 Å². The van der Waals surface area contributed by atoms with Crippen LogP contribution >= 0.6 is 0 Å². The Kier molecular flexibility index (Phi) is 3.06. The van der Waals surface area contributed by atoms with Crippen LogP contribution in [0.25, 0.3) is 5.65 Å². The predicted octanol–water partition coefficient (Wildman–Crippen LogP) is 1.44. The topological polar surface area (TPSA) is 32.6 Å². The molecule has 0 amide bonds. The normalized spacial score (nSPS) is 21.6. The van der Waals surface area contributed by atoms with Crippen molar-refractivity contribution in [3.8, 4) is 0 Å². The van der Waals surface area contributed by atoms with Crippen LogP contribution in [0.1, 0.15) is 18.2 Å². The minimum Gasteiger partial charge on any atom is -0.312 e. The Hall–Kier alpha value is -1.39. The van der Waals surface area contributed by atoms with Gasteiger partial charge in [-0.2, -0.15) is 0 Å². The molecule has 4 heteroatoms. The molecule has 1 fully saturated rings. The molecule has 0 spiro atoms. The number of aryl methyl sites for hydroxylation is 1. The molecule has 4 nitrogen and oxygen atoms in total. The van der Waals surface area contributed by atoms with Gasteiger partial charge in [0.05, 0.1) is 5.69 Å². The Morgan fingerprint density at radius 1 is 1.50 bits per heavy atom. The van der Waals surface area contributed by atoms with Crippen LogP contribution < -0.4 is 5.32 Å². The average Bonchev–Trinajstić information content (AvgIpc) is 2.73. The van der Waals surface area contributed by atoms with E-state index in [0.29, 0.717) is 6.04 Å². The van der Waals surface area contributed by atoms with Gasteiger partial charge in [-0.15, -0.1) is 0 Å². The maximum atomic E-state index is 4.73. The van der Waals surface area contributed by atoms with Crippen molar-refractivity contribution in [1.82, 2.24) is 19.6 Å². The lowest BCUT2D eigenvalue weighted by molar-refractivity contribution is 0.198. The molecule has 96 valence electrons. The monoisotopic (exact) mass is 244 g/mol. The number of hydrogen-bond acceptors (Lipinski definition) is 3. The molecule has 2 aromatic heterocycles. The molecule has 1 atom stereocenters. The van der Waals surface area contributed by atoms with Crippen molar-refractivity contribution in [2.75, 3.05) is 19.6 Å². The smallest absolute Gasteiger partial charge is 0.139 e. The van der Waals surface area contributed by atoms with Crippen LogP contribution in [0.4, 0.5) is 0 Å². The Morgan fingerprint density at radius 2 is 2.39 bits per heavy atom. The largest absolute Gasteiger partial charge is 0.312 e. The fraction of sp³-hybridized carbons (Fsp3) is 0.500. The molecule has 1 saturated heterocycles. The summed E-state index contributed by atoms with van der Waals surface area (Å²) in [5.41, 5.74) is 3.48. The Balaban J connectivity index is 1.80. The van der Waals surface area contributed by atoms with Crippen LogP contribution in [0.3, 0.4) is 0 Å². The summed E-state index contributed by atoms with van der Waals surface area (Å²) >= 11 is 0. The third-order valence-corrected chi connectivity index (χ3v) is 3.57. The summed E-state index contributed by atoms with van der Waals surface area (Å²) in [7, 11) is 0. The molecule has 0 aliphatic carbocycles. The quantitative estimate of drug-likeness (QED) is 0.867. The first-order chi connectivity index (χ1) is 8.72. The fourth-order valence-corrected chi connectivity index (χ4v) is 2.67. The van der Waals surface area contributed by atoms with Gasteiger partial charge < -0.3 is 9.72 Å². The molecular weight excluding hydrogens is 224 g/mol. The molecule has 3 rings (SSSR count). The molecular formula is C14H20N4. The zero-order valence-electron chi connectivity index (χ0n) is 11.1. The zero-order chi connectivity index (χ0) is 12.5. The van der Waals surface area contributed by atoms with Gasteiger partial charge in [-0.25, -0.2) is 4.98 Å². The number of piperazine rings is 1. The molecule has 0 saturated carbocycles. The first-order valence-corrected chi connectivity index (χ1v) is 6.61. The fourth-order valence-electron chi connectivity index (χ4n) is 2.67. The molecule has 18 heavy (non-hydrogen) atoms. The maximum Gasteiger partial charge on any atom is 0.139 e. The first-order valence-electron chi connectivity index (χ1n) is 6.61. The van der Waals surface area contributed by atoms with E-state index in [4.69, 9.17) is 4.98 Å². The van der Waals surface area contributed by atoms with E-state index in [1.165, 1.54) is 11.3 Å². The molecule has 2 aromatic rings. The van der Waals surface area contributed by atoms with Crippen molar-refractivity contribution >= 4 is 5.65 Å². The Labute approximate surface area is 108 Å². The minimum atomic E-state index is 0.581. The molecule has 0 unspecified atom stereocenters. The highest BCUT2D eigenvalue weighted by Gasteiger charge is 2.16. The summed E-state index contributed by atoms with van der Waals surface area (Å²) in [5, 5.41) is 3.47. The van der Waals surface area contributed by atoms with Crippen LogP contribution in [0.2, 0.25) is 0 Å². The number of nitrogens with one attached hydrogen (secondary N) is 1. The summed E-state index contributed by atoms with van der Waals surface area (Å²) in [6, 6.07) is 4.76. The highest BCUT2D eigenvalue weighted by atomic mass is 15.2. The number of aromatic nitrogens is 2. The summed E-state index contributed by atoms with van der Waals surface area (Å²) in [5.74, 6) is 0. The standard InChI is InChI=1S/C14H20N4/c1-11-4-3-6-18-10-13(16-14(11)18)9-17-7-5-15-12(2)8-17/h3-4,6,10,12,15H,5,7-9H2,1-2H3/t12-/m0/s1. The number of fused-ring (bicyclic) bond motifs is 1. The number of rotatable bonds is 2. The van der Waals surface area contributed by atoms with Crippen LogP contribution in [0.5, 0.6) is 0 Å². The van der Waals surface area contributed by atoms with E-state index >= 15 is 0 Å². The van der Waals surface area contributed by atoms with E-state index < -0.39 is 0 Å². The Morgan fingerprint density at radius 3 is 3.17 bits per heavy atom. The predicted molar refractivity (Wildman–Crippen MR) is 72.7 cm³/mol. The van der Waals surface area contributed by atoms with Gasteiger partial charge in [-0.3, -0.25) is 4.90 Å². The number of nitrogens with zero attached hydrogens (tertiary/aromatic N) is 3. The number of imidazole rings is 1. The van der Waals surface area contributed by atoms with Crippen LogP contribution in [-0.4, -0.2) is 40.0 Å². The van der Waals surface area contributed by atoms with Gasteiger partial charge in [-0.05, 0) is 25.5 Å². The van der Waals surface area contributed by atoms with E-state index in [-0.39, 0.29) is 0 Å². The van der Waals surface area contributed by atoms with Crippen molar-refractivity contribution in [2.45, 2.75) is 26.4 Å². The van der Waals surface area contributed by atoms with Gasteiger partial charge in [-0.1, -0.05) is 6.07 Å². The minimum absolute atomic E-state index is 0.581. The third kappa shape index (κ3) is 2.26. The zero-order valence-corrected chi connectivity index (χ0v) is 11.1. The second-order valence-corrected chi connectivity index (χ2v) is 5.24. The number of pyridine rings is 1. The van der Waals surface area contributed by atoms with Crippen molar-refractivity contribution in [2.24, 2.45) is 0 Å². The molecule has 0 radical (unpaired) electrons. The molecule has 1 N–H and O–H groups in total. The second kappa shape index (κ2) is 4.71. The van der Waals surface area contributed by atoms with Crippen molar-refractivity contribution < 1.29 is 0 Å².